The maximum atomic E-state index is 5.85. The average molecular weight is 251 g/mol. The van der Waals surface area contributed by atoms with Gasteiger partial charge in [-0.15, -0.1) is 0 Å². The molecule has 4 nitrogen and oxygen atoms in total. The van der Waals surface area contributed by atoms with E-state index in [1.807, 2.05) is 6.20 Å². The highest BCUT2D eigenvalue weighted by Crippen LogP contribution is 2.20. The van der Waals surface area contributed by atoms with E-state index in [1.54, 1.807) is 0 Å². The first-order valence-electron chi connectivity index (χ1n) is 7.02. The first-order valence-corrected chi connectivity index (χ1v) is 7.02. The zero-order valence-corrected chi connectivity index (χ0v) is 11.7. The van der Waals surface area contributed by atoms with E-state index in [0.29, 0.717) is 18.1 Å². The SMILES string of the molecule is CC(C)CNCc1ccnn1CC1CCC(C)O1. The number of rotatable bonds is 6. The summed E-state index contributed by atoms with van der Waals surface area (Å²) in [6.07, 6.45) is 4.95. The highest BCUT2D eigenvalue weighted by molar-refractivity contribution is 5.00. The van der Waals surface area contributed by atoms with Crippen LogP contribution in [0.15, 0.2) is 12.3 Å². The van der Waals surface area contributed by atoms with Crippen molar-refractivity contribution in [3.05, 3.63) is 18.0 Å². The summed E-state index contributed by atoms with van der Waals surface area (Å²) in [5.41, 5.74) is 1.25. The van der Waals surface area contributed by atoms with Crippen LogP contribution in [0, 0.1) is 5.92 Å². The van der Waals surface area contributed by atoms with Gasteiger partial charge in [-0.1, -0.05) is 13.8 Å². The highest BCUT2D eigenvalue weighted by atomic mass is 16.5. The first-order chi connectivity index (χ1) is 8.65. The quantitative estimate of drug-likeness (QED) is 0.842. The van der Waals surface area contributed by atoms with E-state index in [2.05, 4.69) is 41.9 Å². The Balaban J connectivity index is 1.83. The molecule has 1 aromatic rings. The van der Waals surface area contributed by atoms with Gasteiger partial charge in [-0.3, -0.25) is 4.68 Å². The molecule has 0 saturated carbocycles. The predicted molar refractivity (Wildman–Crippen MR) is 72.3 cm³/mol. The van der Waals surface area contributed by atoms with Gasteiger partial charge in [0.2, 0.25) is 0 Å². The standard InChI is InChI=1S/C14H25N3O/c1-11(2)8-15-9-13-6-7-16-17(13)10-14-5-4-12(3)18-14/h6-7,11-12,14-15H,4-5,8-10H2,1-3H3. The molecule has 1 aliphatic heterocycles. The van der Waals surface area contributed by atoms with E-state index in [0.717, 1.165) is 26.1 Å². The summed E-state index contributed by atoms with van der Waals surface area (Å²) in [5, 5.41) is 7.86. The van der Waals surface area contributed by atoms with Crippen molar-refractivity contribution in [2.24, 2.45) is 5.92 Å². The minimum absolute atomic E-state index is 0.337. The van der Waals surface area contributed by atoms with Gasteiger partial charge in [0.05, 0.1) is 24.4 Å². The molecule has 2 heterocycles. The van der Waals surface area contributed by atoms with Crippen LogP contribution in [0.25, 0.3) is 0 Å². The molecule has 18 heavy (non-hydrogen) atoms. The summed E-state index contributed by atoms with van der Waals surface area (Å²) in [6, 6.07) is 2.09. The Labute approximate surface area is 110 Å². The third kappa shape index (κ3) is 3.82. The van der Waals surface area contributed by atoms with Gasteiger partial charge in [0.1, 0.15) is 0 Å². The van der Waals surface area contributed by atoms with Crippen molar-refractivity contribution in [2.45, 2.75) is 58.9 Å². The molecule has 2 rings (SSSR count). The molecule has 0 bridgehead atoms. The predicted octanol–water partition coefficient (Wildman–Crippen LogP) is 2.20. The zero-order chi connectivity index (χ0) is 13.0. The molecule has 1 N–H and O–H groups in total. The van der Waals surface area contributed by atoms with Gasteiger partial charge in [0, 0.05) is 12.7 Å². The lowest BCUT2D eigenvalue weighted by molar-refractivity contribution is 0.0431. The fraction of sp³-hybridized carbons (Fsp3) is 0.786. The molecule has 1 fully saturated rings. The Bertz CT molecular complexity index is 362. The number of ether oxygens (including phenoxy) is 1. The second-order valence-corrected chi connectivity index (χ2v) is 5.68. The van der Waals surface area contributed by atoms with Crippen LogP contribution in [0.2, 0.25) is 0 Å². The van der Waals surface area contributed by atoms with Crippen molar-refractivity contribution >= 4 is 0 Å². The summed E-state index contributed by atoms with van der Waals surface area (Å²) >= 11 is 0. The Morgan fingerprint density at radius 3 is 3.00 bits per heavy atom. The number of nitrogens with one attached hydrogen (secondary N) is 1. The second kappa shape index (κ2) is 6.34. The monoisotopic (exact) mass is 251 g/mol. The number of nitrogens with zero attached hydrogens (tertiary/aromatic N) is 2. The van der Waals surface area contributed by atoms with Crippen molar-refractivity contribution in [2.75, 3.05) is 6.54 Å². The number of aromatic nitrogens is 2. The molecule has 0 aliphatic carbocycles. The average Bonchev–Trinajstić information content (AvgIpc) is 2.89. The van der Waals surface area contributed by atoms with E-state index in [-0.39, 0.29) is 0 Å². The van der Waals surface area contributed by atoms with Crippen LogP contribution in [0.5, 0.6) is 0 Å². The number of hydrogen-bond acceptors (Lipinski definition) is 3. The highest BCUT2D eigenvalue weighted by Gasteiger charge is 2.22. The zero-order valence-electron chi connectivity index (χ0n) is 11.7. The molecule has 2 atom stereocenters. The lowest BCUT2D eigenvalue weighted by Crippen LogP contribution is -2.24. The van der Waals surface area contributed by atoms with Gasteiger partial charge in [-0.2, -0.15) is 5.10 Å². The fourth-order valence-electron chi connectivity index (χ4n) is 2.38. The minimum atomic E-state index is 0.337. The van der Waals surface area contributed by atoms with Crippen LogP contribution in [0.1, 0.15) is 39.3 Å². The summed E-state index contributed by atoms with van der Waals surface area (Å²) < 4.78 is 7.93. The molecule has 2 unspecified atom stereocenters. The number of hydrogen-bond donors (Lipinski definition) is 1. The molecular formula is C14H25N3O. The molecule has 1 saturated heterocycles. The molecule has 0 radical (unpaired) electrons. The molecule has 0 spiro atoms. The second-order valence-electron chi connectivity index (χ2n) is 5.68. The molecule has 0 amide bonds. The molecule has 1 aliphatic rings. The van der Waals surface area contributed by atoms with Crippen LogP contribution < -0.4 is 5.32 Å². The van der Waals surface area contributed by atoms with Gasteiger partial charge in [0.25, 0.3) is 0 Å². The first kappa shape index (κ1) is 13.6. The van der Waals surface area contributed by atoms with Crippen molar-refractivity contribution < 1.29 is 4.74 Å². The minimum Gasteiger partial charge on any atom is -0.373 e. The fourth-order valence-corrected chi connectivity index (χ4v) is 2.38. The van der Waals surface area contributed by atoms with Crippen LogP contribution >= 0.6 is 0 Å². The maximum Gasteiger partial charge on any atom is 0.0775 e. The molecule has 102 valence electrons. The Morgan fingerprint density at radius 2 is 2.33 bits per heavy atom. The summed E-state index contributed by atoms with van der Waals surface area (Å²) in [5.74, 6) is 0.681. The van der Waals surface area contributed by atoms with Gasteiger partial charge >= 0.3 is 0 Å². The maximum absolute atomic E-state index is 5.85. The summed E-state index contributed by atoms with van der Waals surface area (Å²) in [4.78, 5) is 0. The molecule has 4 heteroatoms. The van der Waals surface area contributed by atoms with Crippen LogP contribution in [-0.4, -0.2) is 28.5 Å². The third-order valence-electron chi connectivity index (χ3n) is 3.36. The van der Waals surface area contributed by atoms with Crippen molar-refractivity contribution in [1.82, 2.24) is 15.1 Å². The lowest BCUT2D eigenvalue weighted by atomic mass is 10.2. The Hall–Kier alpha value is -0.870. The van der Waals surface area contributed by atoms with Gasteiger partial charge in [0.15, 0.2) is 0 Å². The molecule has 0 aromatic carbocycles. The smallest absolute Gasteiger partial charge is 0.0775 e. The normalized spacial score (nSPS) is 24.0. The third-order valence-corrected chi connectivity index (χ3v) is 3.36. The van der Waals surface area contributed by atoms with Gasteiger partial charge < -0.3 is 10.1 Å². The largest absolute Gasteiger partial charge is 0.373 e. The summed E-state index contributed by atoms with van der Waals surface area (Å²) in [6.45, 7) is 9.41. The van der Waals surface area contributed by atoms with E-state index in [1.165, 1.54) is 12.1 Å². The van der Waals surface area contributed by atoms with Gasteiger partial charge in [-0.25, -0.2) is 0 Å². The molecule has 1 aromatic heterocycles. The van der Waals surface area contributed by atoms with Crippen molar-refractivity contribution in [3.63, 3.8) is 0 Å². The lowest BCUT2D eigenvalue weighted by Gasteiger charge is -2.14. The van der Waals surface area contributed by atoms with Gasteiger partial charge in [-0.05, 0) is 38.3 Å². The van der Waals surface area contributed by atoms with Crippen LogP contribution in [-0.2, 0) is 17.8 Å². The van der Waals surface area contributed by atoms with E-state index in [4.69, 9.17) is 4.74 Å². The van der Waals surface area contributed by atoms with Crippen LogP contribution in [0.3, 0.4) is 0 Å². The van der Waals surface area contributed by atoms with E-state index in [9.17, 15) is 0 Å². The van der Waals surface area contributed by atoms with Crippen LogP contribution in [0.4, 0.5) is 0 Å². The Kier molecular flexibility index (Phi) is 4.78. The topological polar surface area (TPSA) is 39.1 Å². The van der Waals surface area contributed by atoms with E-state index >= 15 is 0 Å². The summed E-state index contributed by atoms with van der Waals surface area (Å²) in [7, 11) is 0. The van der Waals surface area contributed by atoms with E-state index < -0.39 is 0 Å². The molecular weight excluding hydrogens is 226 g/mol. The van der Waals surface area contributed by atoms with Crippen molar-refractivity contribution in [1.29, 1.82) is 0 Å². The Morgan fingerprint density at radius 1 is 1.50 bits per heavy atom. The van der Waals surface area contributed by atoms with Crippen molar-refractivity contribution in [3.8, 4) is 0 Å².